The SMILES string of the molecule is Cc1noc(C)c1CCCNc1ccc(C(F)(F)F)cn1. The molecular weight excluding hydrogens is 283 g/mol. The van der Waals surface area contributed by atoms with Crippen LogP contribution >= 0.6 is 0 Å². The van der Waals surface area contributed by atoms with Gasteiger partial charge in [0.05, 0.1) is 11.3 Å². The lowest BCUT2D eigenvalue weighted by atomic mass is 10.1. The molecule has 2 aromatic heterocycles. The molecule has 0 atom stereocenters. The van der Waals surface area contributed by atoms with Gasteiger partial charge in [-0.15, -0.1) is 0 Å². The third-order valence-corrected chi connectivity index (χ3v) is 3.18. The number of halogens is 3. The Kier molecular flexibility index (Phi) is 4.50. The van der Waals surface area contributed by atoms with Crippen LogP contribution in [0.5, 0.6) is 0 Å². The maximum atomic E-state index is 12.4. The van der Waals surface area contributed by atoms with Crippen LogP contribution in [0.1, 0.15) is 29.0 Å². The monoisotopic (exact) mass is 299 g/mol. The number of aryl methyl sites for hydroxylation is 2. The molecule has 114 valence electrons. The lowest BCUT2D eigenvalue weighted by Crippen LogP contribution is -2.08. The Hall–Kier alpha value is -2.05. The van der Waals surface area contributed by atoms with Gasteiger partial charge in [-0.2, -0.15) is 13.2 Å². The van der Waals surface area contributed by atoms with Gasteiger partial charge in [-0.25, -0.2) is 4.98 Å². The number of hydrogen-bond acceptors (Lipinski definition) is 4. The van der Waals surface area contributed by atoms with Crippen LogP contribution in [0, 0.1) is 13.8 Å². The van der Waals surface area contributed by atoms with Crippen molar-refractivity contribution >= 4 is 5.82 Å². The summed E-state index contributed by atoms with van der Waals surface area (Å²) in [5.74, 6) is 1.24. The third-order valence-electron chi connectivity index (χ3n) is 3.18. The molecule has 0 saturated carbocycles. The van der Waals surface area contributed by atoms with E-state index in [4.69, 9.17) is 4.52 Å². The smallest absolute Gasteiger partial charge is 0.370 e. The normalized spacial score (nSPS) is 11.7. The van der Waals surface area contributed by atoms with E-state index in [-0.39, 0.29) is 0 Å². The Balaban J connectivity index is 1.81. The van der Waals surface area contributed by atoms with E-state index in [2.05, 4.69) is 15.5 Å². The summed E-state index contributed by atoms with van der Waals surface area (Å²) in [6.45, 7) is 4.36. The second-order valence-electron chi connectivity index (χ2n) is 4.76. The predicted molar refractivity (Wildman–Crippen MR) is 72.0 cm³/mol. The van der Waals surface area contributed by atoms with E-state index in [0.717, 1.165) is 42.1 Å². The lowest BCUT2D eigenvalue weighted by Gasteiger charge is -2.08. The van der Waals surface area contributed by atoms with Crippen LogP contribution in [0.25, 0.3) is 0 Å². The molecule has 1 N–H and O–H groups in total. The fourth-order valence-electron chi connectivity index (χ4n) is 2.01. The zero-order valence-electron chi connectivity index (χ0n) is 11.8. The van der Waals surface area contributed by atoms with Gasteiger partial charge in [0.15, 0.2) is 0 Å². The molecule has 0 aliphatic carbocycles. The molecule has 0 bridgehead atoms. The molecule has 0 saturated heterocycles. The molecule has 21 heavy (non-hydrogen) atoms. The Morgan fingerprint density at radius 2 is 2.00 bits per heavy atom. The van der Waals surface area contributed by atoms with E-state index in [1.807, 2.05) is 13.8 Å². The maximum Gasteiger partial charge on any atom is 0.417 e. The van der Waals surface area contributed by atoms with Crippen molar-refractivity contribution in [2.75, 3.05) is 11.9 Å². The Labute approximate surface area is 120 Å². The van der Waals surface area contributed by atoms with Crippen LogP contribution in [0.15, 0.2) is 22.9 Å². The van der Waals surface area contributed by atoms with Gasteiger partial charge in [-0.3, -0.25) is 0 Å². The van der Waals surface area contributed by atoms with E-state index >= 15 is 0 Å². The molecule has 2 rings (SSSR count). The molecular formula is C14H16F3N3O. The second-order valence-corrected chi connectivity index (χ2v) is 4.76. The van der Waals surface area contributed by atoms with E-state index in [1.54, 1.807) is 0 Å². The number of nitrogens with zero attached hydrogens (tertiary/aromatic N) is 2. The molecule has 0 aliphatic rings. The molecule has 4 nitrogen and oxygen atoms in total. The van der Waals surface area contributed by atoms with Crippen molar-refractivity contribution in [1.29, 1.82) is 0 Å². The zero-order chi connectivity index (χ0) is 15.5. The average Bonchev–Trinajstić information content (AvgIpc) is 2.74. The van der Waals surface area contributed by atoms with Crippen LogP contribution in [-0.4, -0.2) is 16.7 Å². The number of anilines is 1. The fraction of sp³-hybridized carbons (Fsp3) is 0.429. The van der Waals surface area contributed by atoms with Gasteiger partial charge in [-0.1, -0.05) is 5.16 Å². The van der Waals surface area contributed by atoms with Crippen molar-refractivity contribution in [3.05, 3.63) is 40.9 Å². The first-order chi connectivity index (χ1) is 9.88. The molecule has 0 spiro atoms. The van der Waals surface area contributed by atoms with Crippen molar-refractivity contribution in [3.63, 3.8) is 0 Å². The van der Waals surface area contributed by atoms with Gasteiger partial charge in [0.2, 0.25) is 0 Å². The number of hydrogen-bond donors (Lipinski definition) is 1. The molecule has 0 radical (unpaired) electrons. The molecule has 7 heteroatoms. The molecule has 2 aromatic rings. The molecule has 0 amide bonds. The standard InChI is InChI=1S/C14H16F3N3O/c1-9-12(10(2)21-20-9)4-3-7-18-13-6-5-11(8-19-13)14(15,16)17/h5-6,8H,3-4,7H2,1-2H3,(H,18,19). The number of nitrogens with one attached hydrogen (secondary N) is 1. The summed E-state index contributed by atoms with van der Waals surface area (Å²) in [6.07, 6.45) is -1.91. The second kappa shape index (κ2) is 6.15. The summed E-state index contributed by atoms with van der Waals surface area (Å²) in [5.41, 5.74) is 1.21. The quantitative estimate of drug-likeness (QED) is 0.854. The predicted octanol–water partition coefficient (Wildman–Crippen LogP) is 3.75. The van der Waals surface area contributed by atoms with Crippen LogP contribution < -0.4 is 5.32 Å². The van der Waals surface area contributed by atoms with Crippen LogP contribution in [0.4, 0.5) is 19.0 Å². The van der Waals surface area contributed by atoms with E-state index in [1.165, 1.54) is 6.07 Å². The zero-order valence-corrected chi connectivity index (χ0v) is 11.8. The summed E-state index contributed by atoms with van der Waals surface area (Å²) in [6, 6.07) is 2.35. The number of alkyl halides is 3. The highest BCUT2D eigenvalue weighted by atomic mass is 19.4. The van der Waals surface area contributed by atoms with Crippen LogP contribution in [-0.2, 0) is 12.6 Å². The Morgan fingerprint density at radius 3 is 2.52 bits per heavy atom. The summed E-state index contributed by atoms with van der Waals surface area (Å²) in [4.78, 5) is 3.75. The minimum absolute atomic E-state index is 0.432. The molecule has 0 unspecified atom stereocenters. The number of pyridine rings is 1. The van der Waals surface area contributed by atoms with E-state index in [9.17, 15) is 13.2 Å². The lowest BCUT2D eigenvalue weighted by molar-refractivity contribution is -0.137. The Morgan fingerprint density at radius 1 is 1.24 bits per heavy atom. The van der Waals surface area contributed by atoms with Crippen molar-refractivity contribution in [2.24, 2.45) is 0 Å². The first-order valence-electron chi connectivity index (χ1n) is 6.57. The van der Waals surface area contributed by atoms with Gasteiger partial charge in [0.1, 0.15) is 11.6 Å². The third kappa shape index (κ3) is 3.96. The van der Waals surface area contributed by atoms with Crippen molar-refractivity contribution in [2.45, 2.75) is 32.9 Å². The topological polar surface area (TPSA) is 51.0 Å². The van der Waals surface area contributed by atoms with E-state index < -0.39 is 11.7 Å². The summed E-state index contributed by atoms with van der Waals surface area (Å²) >= 11 is 0. The molecule has 0 aliphatic heterocycles. The molecule has 2 heterocycles. The largest absolute Gasteiger partial charge is 0.417 e. The minimum Gasteiger partial charge on any atom is -0.370 e. The highest BCUT2D eigenvalue weighted by molar-refractivity contribution is 5.36. The fourth-order valence-corrected chi connectivity index (χ4v) is 2.01. The first-order valence-corrected chi connectivity index (χ1v) is 6.57. The minimum atomic E-state index is -4.35. The van der Waals surface area contributed by atoms with Gasteiger partial charge < -0.3 is 9.84 Å². The number of rotatable bonds is 5. The van der Waals surface area contributed by atoms with Crippen molar-refractivity contribution in [3.8, 4) is 0 Å². The molecule has 0 aromatic carbocycles. The highest BCUT2D eigenvalue weighted by Gasteiger charge is 2.30. The van der Waals surface area contributed by atoms with Gasteiger partial charge >= 0.3 is 6.18 Å². The van der Waals surface area contributed by atoms with Gasteiger partial charge in [0, 0.05) is 18.3 Å². The van der Waals surface area contributed by atoms with Crippen molar-refractivity contribution in [1.82, 2.24) is 10.1 Å². The average molecular weight is 299 g/mol. The van der Waals surface area contributed by atoms with Crippen LogP contribution in [0.3, 0.4) is 0 Å². The summed E-state index contributed by atoms with van der Waals surface area (Å²) in [5, 5.41) is 6.87. The molecule has 0 fully saturated rings. The Bertz CT molecular complexity index is 571. The van der Waals surface area contributed by atoms with E-state index in [0.29, 0.717) is 12.4 Å². The van der Waals surface area contributed by atoms with Gasteiger partial charge in [0.25, 0.3) is 0 Å². The first kappa shape index (κ1) is 15.3. The summed E-state index contributed by atoms with van der Waals surface area (Å²) in [7, 11) is 0. The van der Waals surface area contributed by atoms with Crippen LogP contribution in [0.2, 0.25) is 0 Å². The maximum absolute atomic E-state index is 12.4. The van der Waals surface area contributed by atoms with Gasteiger partial charge in [-0.05, 0) is 38.8 Å². The number of aromatic nitrogens is 2. The van der Waals surface area contributed by atoms with Crippen molar-refractivity contribution < 1.29 is 17.7 Å². The highest BCUT2D eigenvalue weighted by Crippen LogP contribution is 2.28. The summed E-state index contributed by atoms with van der Waals surface area (Å²) < 4.78 is 42.2.